The van der Waals surface area contributed by atoms with Gasteiger partial charge >= 0.3 is 0 Å². The van der Waals surface area contributed by atoms with Crippen LogP contribution in [0.3, 0.4) is 0 Å². The van der Waals surface area contributed by atoms with Gasteiger partial charge in [0.05, 0.1) is 19.4 Å². The van der Waals surface area contributed by atoms with Gasteiger partial charge in [-0.15, -0.1) is 11.3 Å². The number of furan rings is 1. The van der Waals surface area contributed by atoms with Crippen molar-refractivity contribution in [2.75, 3.05) is 38.0 Å². The molecule has 1 aromatic carbocycles. The third kappa shape index (κ3) is 4.98. The molecule has 0 bridgehead atoms. The Bertz CT molecular complexity index is 981. The molecule has 3 aromatic rings. The fourth-order valence-corrected chi connectivity index (χ4v) is 4.80. The van der Waals surface area contributed by atoms with E-state index in [4.69, 9.17) is 4.42 Å². The van der Waals surface area contributed by atoms with Crippen LogP contribution in [0.1, 0.15) is 21.7 Å². The van der Waals surface area contributed by atoms with E-state index in [0.29, 0.717) is 6.54 Å². The van der Waals surface area contributed by atoms with Crippen LogP contribution in [0.2, 0.25) is 0 Å². The van der Waals surface area contributed by atoms with Crippen molar-refractivity contribution in [1.29, 1.82) is 0 Å². The lowest BCUT2D eigenvalue weighted by Gasteiger charge is -2.33. The lowest BCUT2D eigenvalue weighted by atomic mass is 10.1. The summed E-state index contributed by atoms with van der Waals surface area (Å²) in [4.78, 5) is 21.9. The molecule has 0 saturated carbocycles. The molecule has 0 aliphatic carbocycles. The van der Waals surface area contributed by atoms with Gasteiger partial charge in [-0.05, 0) is 44.0 Å². The summed E-state index contributed by atoms with van der Waals surface area (Å²) < 4.78 is 5.42. The Morgan fingerprint density at radius 2 is 1.83 bits per heavy atom. The highest BCUT2D eigenvalue weighted by Crippen LogP contribution is 2.24. The van der Waals surface area contributed by atoms with Gasteiger partial charge in [0.15, 0.2) is 5.76 Å². The number of benzene rings is 1. The van der Waals surface area contributed by atoms with E-state index in [1.165, 1.54) is 5.56 Å². The number of aromatic nitrogens is 1. The molecule has 1 amide bonds. The van der Waals surface area contributed by atoms with Gasteiger partial charge in [-0.3, -0.25) is 14.6 Å². The van der Waals surface area contributed by atoms with E-state index in [1.807, 2.05) is 31.4 Å². The number of thiazole rings is 1. The third-order valence-electron chi connectivity index (χ3n) is 5.46. The maximum absolute atomic E-state index is 12.6. The van der Waals surface area contributed by atoms with Crippen molar-refractivity contribution in [1.82, 2.24) is 14.8 Å². The van der Waals surface area contributed by atoms with Crippen molar-refractivity contribution < 1.29 is 9.21 Å². The fraction of sp³-hybridized carbons (Fsp3) is 0.391. The average molecular weight is 425 g/mol. The molecule has 1 saturated heterocycles. The second kappa shape index (κ2) is 9.12. The van der Waals surface area contributed by atoms with Crippen LogP contribution in [-0.4, -0.2) is 53.4 Å². The van der Waals surface area contributed by atoms with Crippen molar-refractivity contribution in [3.05, 3.63) is 57.6 Å². The minimum atomic E-state index is 0.0570. The number of amides is 1. The molecule has 1 aliphatic rings. The molecular weight excluding hydrogens is 396 g/mol. The van der Waals surface area contributed by atoms with E-state index in [0.717, 1.165) is 66.0 Å². The molecule has 2 aromatic heterocycles. The number of anilines is 1. The number of hydrogen-bond acceptors (Lipinski definition) is 6. The minimum absolute atomic E-state index is 0.0570. The van der Waals surface area contributed by atoms with Gasteiger partial charge in [0, 0.05) is 37.2 Å². The van der Waals surface area contributed by atoms with Gasteiger partial charge in [0.25, 0.3) is 0 Å². The van der Waals surface area contributed by atoms with Crippen LogP contribution >= 0.6 is 11.3 Å². The SMILES string of the molecule is Cc1cc(C)c(NC(=O)CN2CCN(Cc3nc(-c4ccco4)cs3)CC2)c(C)c1. The van der Waals surface area contributed by atoms with Gasteiger partial charge in [0.1, 0.15) is 10.7 Å². The zero-order valence-electron chi connectivity index (χ0n) is 17.8. The first kappa shape index (κ1) is 20.8. The maximum atomic E-state index is 12.6. The van der Waals surface area contributed by atoms with E-state index in [1.54, 1.807) is 17.6 Å². The third-order valence-corrected chi connectivity index (χ3v) is 6.29. The standard InChI is InChI=1S/C23H28N4O2S/c1-16-11-17(2)23(18(3)12-16)25-21(28)13-26-6-8-27(9-7-26)14-22-24-19(15-30-22)20-5-4-10-29-20/h4-5,10-12,15H,6-9,13-14H2,1-3H3,(H,25,28). The number of hydrogen-bond donors (Lipinski definition) is 1. The predicted molar refractivity (Wildman–Crippen MR) is 121 cm³/mol. The summed E-state index contributed by atoms with van der Waals surface area (Å²) in [7, 11) is 0. The second-order valence-electron chi connectivity index (χ2n) is 7.98. The van der Waals surface area contributed by atoms with Crippen LogP contribution in [0.15, 0.2) is 40.3 Å². The van der Waals surface area contributed by atoms with Crippen molar-refractivity contribution in [2.24, 2.45) is 0 Å². The first-order chi connectivity index (χ1) is 14.5. The molecule has 0 unspecified atom stereocenters. The van der Waals surface area contributed by atoms with Crippen LogP contribution in [0.4, 0.5) is 5.69 Å². The van der Waals surface area contributed by atoms with E-state index >= 15 is 0 Å². The summed E-state index contributed by atoms with van der Waals surface area (Å²) in [5.74, 6) is 0.869. The molecule has 4 rings (SSSR count). The highest BCUT2D eigenvalue weighted by molar-refractivity contribution is 7.09. The average Bonchev–Trinajstić information content (AvgIpc) is 3.38. The molecule has 1 aliphatic heterocycles. The lowest BCUT2D eigenvalue weighted by Crippen LogP contribution is -2.48. The molecule has 0 spiro atoms. The monoisotopic (exact) mass is 424 g/mol. The first-order valence-electron chi connectivity index (χ1n) is 10.3. The van der Waals surface area contributed by atoms with Crippen LogP contribution in [0.25, 0.3) is 11.5 Å². The summed E-state index contributed by atoms with van der Waals surface area (Å²) in [6, 6.07) is 8.03. The van der Waals surface area contributed by atoms with Gasteiger partial charge < -0.3 is 9.73 Å². The van der Waals surface area contributed by atoms with E-state index in [2.05, 4.69) is 39.2 Å². The Balaban J connectivity index is 1.25. The molecular formula is C23H28N4O2S. The largest absolute Gasteiger partial charge is 0.463 e. The van der Waals surface area contributed by atoms with Crippen molar-refractivity contribution >= 4 is 22.9 Å². The molecule has 0 radical (unpaired) electrons. The van der Waals surface area contributed by atoms with E-state index in [9.17, 15) is 4.79 Å². The van der Waals surface area contributed by atoms with Gasteiger partial charge in [0.2, 0.25) is 5.91 Å². The molecule has 3 heterocycles. The molecule has 0 atom stereocenters. The van der Waals surface area contributed by atoms with Crippen LogP contribution in [0.5, 0.6) is 0 Å². The molecule has 6 nitrogen and oxygen atoms in total. The molecule has 30 heavy (non-hydrogen) atoms. The zero-order valence-corrected chi connectivity index (χ0v) is 18.6. The van der Waals surface area contributed by atoms with Crippen molar-refractivity contribution in [3.63, 3.8) is 0 Å². The summed E-state index contributed by atoms with van der Waals surface area (Å²) in [6.45, 7) is 11.1. The van der Waals surface area contributed by atoms with Crippen LogP contribution in [0, 0.1) is 20.8 Å². The molecule has 158 valence electrons. The topological polar surface area (TPSA) is 61.6 Å². The maximum Gasteiger partial charge on any atom is 0.238 e. The molecule has 1 fully saturated rings. The number of piperazine rings is 1. The Morgan fingerprint density at radius 3 is 2.50 bits per heavy atom. The predicted octanol–water partition coefficient (Wildman–Crippen LogP) is 4.08. The summed E-state index contributed by atoms with van der Waals surface area (Å²) in [5, 5.41) is 6.25. The Morgan fingerprint density at radius 1 is 1.13 bits per heavy atom. The summed E-state index contributed by atoms with van der Waals surface area (Å²) >= 11 is 1.67. The Labute approximate surface area is 181 Å². The Hall–Kier alpha value is -2.48. The number of rotatable bonds is 6. The number of carbonyl (C=O) groups is 1. The summed E-state index contributed by atoms with van der Waals surface area (Å²) in [6.07, 6.45) is 1.67. The highest BCUT2D eigenvalue weighted by atomic mass is 32.1. The van der Waals surface area contributed by atoms with Gasteiger partial charge in [-0.1, -0.05) is 17.7 Å². The van der Waals surface area contributed by atoms with E-state index in [-0.39, 0.29) is 5.91 Å². The lowest BCUT2D eigenvalue weighted by molar-refractivity contribution is -0.117. The number of nitrogens with one attached hydrogen (secondary N) is 1. The fourth-order valence-electron chi connectivity index (χ4n) is 3.98. The van der Waals surface area contributed by atoms with Crippen LogP contribution < -0.4 is 5.32 Å². The summed E-state index contributed by atoms with van der Waals surface area (Å²) in [5.41, 5.74) is 5.29. The normalized spacial score (nSPS) is 15.4. The highest BCUT2D eigenvalue weighted by Gasteiger charge is 2.20. The molecule has 1 N–H and O–H groups in total. The smallest absolute Gasteiger partial charge is 0.238 e. The quantitative estimate of drug-likeness (QED) is 0.646. The van der Waals surface area contributed by atoms with Crippen molar-refractivity contribution in [2.45, 2.75) is 27.3 Å². The number of aryl methyl sites for hydroxylation is 3. The van der Waals surface area contributed by atoms with E-state index < -0.39 is 0 Å². The zero-order chi connectivity index (χ0) is 21.1. The second-order valence-corrected chi connectivity index (χ2v) is 8.92. The minimum Gasteiger partial charge on any atom is -0.463 e. The van der Waals surface area contributed by atoms with Gasteiger partial charge in [-0.2, -0.15) is 0 Å². The Kier molecular flexibility index (Phi) is 6.32. The number of nitrogens with zero attached hydrogens (tertiary/aromatic N) is 3. The molecule has 7 heteroatoms. The van der Waals surface area contributed by atoms with Crippen molar-refractivity contribution in [3.8, 4) is 11.5 Å². The van der Waals surface area contributed by atoms with Gasteiger partial charge in [-0.25, -0.2) is 4.98 Å². The first-order valence-corrected chi connectivity index (χ1v) is 11.2. The van der Waals surface area contributed by atoms with Crippen LogP contribution in [-0.2, 0) is 11.3 Å². The number of carbonyl (C=O) groups excluding carboxylic acids is 1.